The topological polar surface area (TPSA) is 62.8 Å². The highest BCUT2D eigenvalue weighted by Crippen LogP contribution is 2.25. The van der Waals surface area contributed by atoms with Crippen molar-refractivity contribution in [2.75, 3.05) is 0 Å². The Morgan fingerprint density at radius 3 is 2.35 bits per heavy atom. The number of aromatic nitrogens is 2. The molecule has 0 radical (unpaired) electrons. The lowest BCUT2D eigenvalue weighted by atomic mass is 10.2. The third kappa shape index (κ3) is 5.14. The van der Waals surface area contributed by atoms with Gasteiger partial charge in [0.25, 0.3) is 5.95 Å². The molecule has 0 atom stereocenters. The van der Waals surface area contributed by atoms with E-state index in [4.69, 9.17) is 34.8 Å². The van der Waals surface area contributed by atoms with Crippen LogP contribution in [0.25, 0.3) is 11.3 Å². The molecule has 1 aromatic heterocycles. The van der Waals surface area contributed by atoms with E-state index in [0.717, 1.165) is 5.56 Å². The van der Waals surface area contributed by atoms with Crippen LogP contribution in [0.5, 0.6) is 5.75 Å². The number of imidazole rings is 1. The maximum Gasteiger partial charge on any atom is 0.251 e. The monoisotopic (exact) mass is 468 g/mol. The van der Waals surface area contributed by atoms with Gasteiger partial charge in [-0.25, -0.2) is 14.7 Å². The van der Waals surface area contributed by atoms with E-state index in [1.807, 2.05) is 30.3 Å². The number of hydrogen-bond acceptors (Lipinski definition) is 4. The van der Waals surface area contributed by atoms with Crippen molar-refractivity contribution in [1.29, 1.82) is 0 Å². The molecule has 0 unspecified atom stereocenters. The van der Waals surface area contributed by atoms with E-state index < -0.39 is 0 Å². The Labute approximate surface area is 193 Å². The summed E-state index contributed by atoms with van der Waals surface area (Å²) in [7, 11) is 0. The number of hydrogen-bond donors (Lipinski definition) is 1. The molecule has 0 aliphatic carbocycles. The first kappa shape index (κ1) is 21.1. The van der Waals surface area contributed by atoms with Crippen LogP contribution in [0.1, 0.15) is 11.1 Å². The molecule has 0 saturated heterocycles. The fraction of sp³-hybridized carbons (Fsp3) is 0. The summed E-state index contributed by atoms with van der Waals surface area (Å²) in [5.74, 6) is 0.380. The van der Waals surface area contributed by atoms with Gasteiger partial charge in [-0.3, -0.25) is 0 Å². The molecule has 0 fully saturated rings. The lowest BCUT2D eigenvalue weighted by Gasteiger charge is -2.00. The number of aliphatic imine (C=N–C) groups is 1. The fourth-order valence-electron chi connectivity index (χ4n) is 2.77. The zero-order valence-electron chi connectivity index (χ0n) is 16.0. The quantitative estimate of drug-likeness (QED) is 0.325. The highest BCUT2D eigenvalue weighted by molar-refractivity contribution is 6.36. The molecule has 0 amide bonds. The van der Waals surface area contributed by atoms with Gasteiger partial charge >= 0.3 is 0 Å². The van der Waals surface area contributed by atoms with Crippen LogP contribution < -0.4 is 0 Å². The SMILES string of the molecule is Oc1ccc(Cl)cc1C=Nc1nc(-c2ccccc2)cn1N=Cc1ccc(Cl)cc1Cl. The van der Waals surface area contributed by atoms with Gasteiger partial charge in [0.15, 0.2) is 0 Å². The highest BCUT2D eigenvalue weighted by Gasteiger charge is 2.09. The fourth-order valence-corrected chi connectivity index (χ4v) is 3.41. The van der Waals surface area contributed by atoms with E-state index in [9.17, 15) is 5.11 Å². The second-order valence-electron chi connectivity index (χ2n) is 6.51. The van der Waals surface area contributed by atoms with Gasteiger partial charge < -0.3 is 5.11 Å². The number of phenolic OH excluding ortho intramolecular Hbond substituents is 1. The number of benzene rings is 3. The van der Waals surface area contributed by atoms with Crippen molar-refractivity contribution in [3.63, 3.8) is 0 Å². The normalized spacial score (nSPS) is 11.6. The van der Waals surface area contributed by atoms with Crippen LogP contribution in [0.15, 0.2) is 83.0 Å². The second-order valence-corrected chi connectivity index (χ2v) is 7.79. The molecule has 154 valence electrons. The zero-order chi connectivity index (χ0) is 21.8. The summed E-state index contributed by atoms with van der Waals surface area (Å²) in [6.45, 7) is 0. The minimum Gasteiger partial charge on any atom is -0.507 e. The standard InChI is InChI=1S/C23H15Cl3N4O/c24-18-8-9-22(31)17(10-18)12-27-23-29-21(15-4-2-1-3-5-15)14-30(23)28-13-16-6-7-19(25)11-20(16)26/h1-14,31H. The summed E-state index contributed by atoms with van der Waals surface area (Å²) in [4.78, 5) is 8.99. The van der Waals surface area contributed by atoms with Crippen LogP contribution >= 0.6 is 34.8 Å². The minimum atomic E-state index is 0.0611. The van der Waals surface area contributed by atoms with E-state index >= 15 is 0 Å². The van der Waals surface area contributed by atoms with Gasteiger partial charge in [-0.2, -0.15) is 5.10 Å². The molecule has 4 aromatic rings. The number of phenols is 1. The van der Waals surface area contributed by atoms with Gasteiger partial charge in [0.1, 0.15) is 5.75 Å². The molecule has 0 aliphatic heterocycles. The van der Waals surface area contributed by atoms with E-state index in [-0.39, 0.29) is 5.75 Å². The van der Waals surface area contributed by atoms with Gasteiger partial charge in [-0.1, -0.05) is 71.2 Å². The average Bonchev–Trinajstić information content (AvgIpc) is 3.17. The molecule has 0 spiro atoms. The van der Waals surface area contributed by atoms with Crippen LogP contribution in [-0.2, 0) is 0 Å². The summed E-state index contributed by atoms with van der Waals surface area (Å²) >= 11 is 18.2. The number of nitrogens with zero attached hydrogens (tertiary/aromatic N) is 4. The summed E-state index contributed by atoms with van der Waals surface area (Å²) in [6.07, 6.45) is 4.85. The van der Waals surface area contributed by atoms with Crippen molar-refractivity contribution in [1.82, 2.24) is 9.66 Å². The van der Waals surface area contributed by atoms with Crippen molar-refractivity contribution < 1.29 is 5.11 Å². The molecule has 0 bridgehead atoms. The molecule has 8 heteroatoms. The van der Waals surface area contributed by atoms with Crippen molar-refractivity contribution in [2.24, 2.45) is 10.1 Å². The Balaban J connectivity index is 1.73. The van der Waals surface area contributed by atoms with Gasteiger partial charge in [0.2, 0.25) is 0 Å². The van der Waals surface area contributed by atoms with Crippen molar-refractivity contribution in [2.45, 2.75) is 0 Å². The molecular weight excluding hydrogens is 455 g/mol. The predicted molar refractivity (Wildman–Crippen MR) is 127 cm³/mol. The van der Waals surface area contributed by atoms with Crippen LogP contribution in [-0.4, -0.2) is 27.2 Å². The van der Waals surface area contributed by atoms with E-state index in [2.05, 4.69) is 15.1 Å². The third-order valence-electron chi connectivity index (χ3n) is 4.33. The van der Waals surface area contributed by atoms with Crippen molar-refractivity contribution in [3.05, 3.63) is 99.1 Å². The molecule has 1 N–H and O–H groups in total. The average molecular weight is 470 g/mol. The van der Waals surface area contributed by atoms with E-state index in [0.29, 0.717) is 37.8 Å². The van der Waals surface area contributed by atoms with Gasteiger partial charge in [0, 0.05) is 33.0 Å². The predicted octanol–water partition coefficient (Wildman–Crippen LogP) is 6.85. The molecule has 31 heavy (non-hydrogen) atoms. The largest absolute Gasteiger partial charge is 0.507 e. The molecular formula is C23H15Cl3N4O. The van der Waals surface area contributed by atoms with Crippen LogP contribution in [0.4, 0.5) is 5.95 Å². The lowest BCUT2D eigenvalue weighted by molar-refractivity contribution is 0.474. The second kappa shape index (κ2) is 9.35. The van der Waals surface area contributed by atoms with Crippen LogP contribution in [0.2, 0.25) is 15.1 Å². The van der Waals surface area contributed by atoms with Crippen LogP contribution in [0.3, 0.4) is 0 Å². The first-order valence-corrected chi connectivity index (χ1v) is 10.3. The smallest absolute Gasteiger partial charge is 0.251 e. The zero-order valence-corrected chi connectivity index (χ0v) is 18.2. The number of rotatable bonds is 5. The van der Waals surface area contributed by atoms with Gasteiger partial charge in [-0.05, 0) is 30.3 Å². The summed E-state index contributed by atoms with van der Waals surface area (Å²) < 4.78 is 1.53. The van der Waals surface area contributed by atoms with E-state index in [1.165, 1.54) is 17.0 Å². The van der Waals surface area contributed by atoms with Gasteiger partial charge in [-0.15, -0.1) is 0 Å². The first-order chi connectivity index (χ1) is 15.0. The molecule has 0 saturated carbocycles. The Morgan fingerprint density at radius 2 is 1.58 bits per heavy atom. The molecule has 3 aromatic carbocycles. The minimum absolute atomic E-state index is 0.0611. The Kier molecular flexibility index (Phi) is 6.37. The Hall–Kier alpha value is -3.12. The Morgan fingerprint density at radius 1 is 0.839 bits per heavy atom. The molecule has 0 aliphatic rings. The van der Waals surface area contributed by atoms with Crippen molar-refractivity contribution in [3.8, 4) is 17.0 Å². The number of aromatic hydroxyl groups is 1. The summed E-state index contributed by atoms with van der Waals surface area (Å²) in [6, 6.07) is 19.6. The van der Waals surface area contributed by atoms with Crippen molar-refractivity contribution >= 4 is 53.2 Å². The lowest BCUT2D eigenvalue weighted by Crippen LogP contribution is -1.91. The number of halogens is 3. The maximum atomic E-state index is 10.0. The summed E-state index contributed by atoms with van der Waals surface area (Å²) in [5, 5.41) is 16.0. The maximum absolute atomic E-state index is 10.0. The van der Waals surface area contributed by atoms with E-state index in [1.54, 1.807) is 42.7 Å². The Bertz CT molecular complexity index is 1280. The molecule has 5 nitrogen and oxygen atoms in total. The van der Waals surface area contributed by atoms with Gasteiger partial charge in [0.05, 0.1) is 23.1 Å². The summed E-state index contributed by atoms with van der Waals surface area (Å²) in [5.41, 5.74) is 2.78. The third-order valence-corrected chi connectivity index (χ3v) is 5.13. The highest BCUT2D eigenvalue weighted by atomic mass is 35.5. The van der Waals surface area contributed by atoms with Crippen LogP contribution in [0, 0.1) is 0 Å². The molecule has 4 rings (SSSR count). The first-order valence-electron chi connectivity index (χ1n) is 9.16. The molecule has 1 heterocycles.